The maximum absolute atomic E-state index is 13.2. The quantitative estimate of drug-likeness (QED) is 0.0304. The summed E-state index contributed by atoms with van der Waals surface area (Å²) in [5.74, 6) is 2.26. The third kappa shape index (κ3) is 16.4. The molecule has 0 bridgehead atoms. The number of phenolic OH excluding ortho intramolecular Hbond substituents is 1. The van der Waals surface area contributed by atoms with Gasteiger partial charge in [0, 0.05) is 98.0 Å². The largest absolute Gasteiger partial charge is 0.508 e. The summed E-state index contributed by atoms with van der Waals surface area (Å²) in [6.45, 7) is 11.2. The summed E-state index contributed by atoms with van der Waals surface area (Å²) in [5.41, 5.74) is 0.524. The predicted octanol–water partition coefficient (Wildman–Crippen LogP) is 12.8. The highest BCUT2D eigenvalue weighted by Crippen LogP contribution is 2.40. The number of fused-ring (bicyclic) bond motifs is 2. The van der Waals surface area contributed by atoms with E-state index in [9.17, 15) is 56.2 Å². The average Bonchev–Trinajstić information content (AvgIpc) is 4.19. The van der Waals surface area contributed by atoms with Crippen molar-refractivity contribution in [3.05, 3.63) is 187 Å². The number of furan rings is 2. The van der Waals surface area contributed by atoms with Crippen LogP contribution >= 0.6 is 11.6 Å². The molecule has 0 radical (unpaired) electrons. The molecule has 0 saturated carbocycles. The molecular formula is C58H55ClF6N8O10. The Morgan fingerprint density at radius 2 is 0.964 bits per heavy atom. The maximum Gasteiger partial charge on any atom is 0.423 e. The van der Waals surface area contributed by atoms with Gasteiger partial charge in [-0.2, -0.15) is 26.3 Å². The molecule has 2 aliphatic rings. The molecule has 2 fully saturated rings. The number of rotatable bonds is 14. The third-order valence-corrected chi connectivity index (χ3v) is 13.7. The van der Waals surface area contributed by atoms with Crippen LogP contribution in [0.4, 0.5) is 60.5 Å². The lowest BCUT2D eigenvalue weighted by Crippen LogP contribution is -2.49. The number of carbonyl (C=O) groups excluding carboxylic acids is 2. The van der Waals surface area contributed by atoms with Crippen LogP contribution in [0.25, 0.3) is 21.9 Å². The Bertz CT molecular complexity index is 3580. The topological polar surface area (TPSA) is 213 Å². The summed E-state index contributed by atoms with van der Waals surface area (Å²) in [5, 5.41) is 38.4. The minimum atomic E-state index is -4.87. The minimum Gasteiger partial charge on any atom is -0.508 e. The fourth-order valence-electron chi connectivity index (χ4n) is 9.18. The van der Waals surface area contributed by atoms with Crippen molar-refractivity contribution in [2.45, 2.75) is 39.3 Å². The molecule has 2 aromatic heterocycles. The highest BCUT2D eigenvalue weighted by atomic mass is 35.5. The van der Waals surface area contributed by atoms with E-state index in [0.717, 1.165) is 78.3 Å². The summed E-state index contributed by atoms with van der Waals surface area (Å²) in [6, 6.07) is 33.8. The first kappa shape index (κ1) is 60.2. The number of nitrogens with one attached hydrogen (secondary N) is 2. The molecule has 2 saturated heterocycles. The van der Waals surface area contributed by atoms with Gasteiger partial charge in [-0.15, -0.1) is 11.6 Å². The number of carbonyl (C=O) groups is 2. The number of hydrogen-bond acceptors (Lipinski definition) is 14. The second kappa shape index (κ2) is 26.4. The molecule has 0 aliphatic carbocycles. The lowest BCUT2D eigenvalue weighted by atomic mass is 10.1. The second-order valence-electron chi connectivity index (χ2n) is 19.5. The Morgan fingerprint density at radius 1 is 0.566 bits per heavy atom. The molecule has 436 valence electrons. The van der Waals surface area contributed by atoms with E-state index >= 15 is 0 Å². The van der Waals surface area contributed by atoms with Gasteiger partial charge in [0.1, 0.15) is 51.2 Å². The van der Waals surface area contributed by atoms with Crippen LogP contribution in [0.15, 0.2) is 142 Å². The van der Waals surface area contributed by atoms with Gasteiger partial charge in [-0.05, 0) is 123 Å². The lowest BCUT2D eigenvalue weighted by molar-refractivity contribution is -0.388. The number of hydrogen-bond donors (Lipinski definition) is 3. The van der Waals surface area contributed by atoms with E-state index in [-0.39, 0.29) is 41.4 Å². The average molecular weight is 1170 g/mol. The predicted molar refractivity (Wildman–Crippen MR) is 299 cm³/mol. The van der Waals surface area contributed by atoms with Crippen molar-refractivity contribution in [3.63, 3.8) is 0 Å². The smallest absolute Gasteiger partial charge is 0.423 e. The number of phenols is 1. The molecule has 83 heavy (non-hydrogen) atoms. The molecule has 0 spiro atoms. The molecule has 6 aromatic carbocycles. The second-order valence-corrected chi connectivity index (χ2v) is 19.8. The number of nitrogens with zero attached hydrogens (tertiary/aromatic N) is 6. The third-order valence-electron chi connectivity index (χ3n) is 13.4. The zero-order chi connectivity index (χ0) is 59.6. The Hall–Kier alpha value is -8.87. The van der Waals surface area contributed by atoms with Gasteiger partial charge in [0.2, 0.25) is 5.91 Å². The van der Waals surface area contributed by atoms with Crippen LogP contribution in [-0.4, -0.2) is 111 Å². The zero-order valence-corrected chi connectivity index (χ0v) is 45.4. The SMILES string of the molecule is Cc1ccc2oc(CN3CCN(C(=O)CCl)CC3)cc2c1.Cc1ccc2oc(CN3CCN(C(=O)COc4ccc(Nc5ccc([N+](=O)[O-])c(C(F)(F)F)c5)cc4)CC3)cc2c1.O=[N+]([O-])c1ccc(Nc2ccc(O)cc2)cc1C(F)(F)F. The van der Waals surface area contributed by atoms with E-state index in [1.807, 2.05) is 30.0 Å². The number of ether oxygens (including phenoxy) is 1. The molecule has 0 atom stereocenters. The van der Waals surface area contributed by atoms with Crippen LogP contribution in [-0.2, 0) is 35.0 Å². The van der Waals surface area contributed by atoms with Crippen molar-refractivity contribution < 1.29 is 64.5 Å². The van der Waals surface area contributed by atoms with Gasteiger partial charge in [0.05, 0.1) is 22.9 Å². The molecule has 2 amide bonds. The first-order valence-electron chi connectivity index (χ1n) is 25.8. The van der Waals surface area contributed by atoms with E-state index in [1.165, 1.54) is 47.5 Å². The van der Waals surface area contributed by atoms with Gasteiger partial charge in [-0.25, -0.2) is 0 Å². The molecule has 18 nitrogen and oxygen atoms in total. The Balaban J connectivity index is 0.000000180. The Labute approximate surface area is 475 Å². The number of piperazine rings is 2. The number of aromatic hydroxyl groups is 1. The summed E-state index contributed by atoms with van der Waals surface area (Å²) < 4.78 is 95.6. The van der Waals surface area contributed by atoms with Gasteiger partial charge in [-0.1, -0.05) is 23.3 Å². The highest BCUT2D eigenvalue weighted by Gasteiger charge is 2.39. The van der Waals surface area contributed by atoms with E-state index in [0.29, 0.717) is 62.0 Å². The molecule has 10 rings (SSSR count). The van der Waals surface area contributed by atoms with Crippen LogP contribution in [0.3, 0.4) is 0 Å². The molecule has 25 heteroatoms. The molecular weight excluding hydrogens is 1120 g/mol. The van der Waals surface area contributed by atoms with Crippen molar-refractivity contribution in [2.75, 3.05) is 75.5 Å². The van der Waals surface area contributed by atoms with Crippen molar-refractivity contribution >= 4 is 79.5 Å². The van der Waals surface area contributed by atoms with Crippen molar-refractivity contribution in [3.8, 4) is 11.5 Å². The lowest BCUT2D eigenvalue weighted by Gasteiger charge is -2.34. The van der Waals surface area contributed by atoms with Gasteiger partial charge in [-0.3, -0.25) is 39.6 Å². The molecule has 3 N–H and O–H groups in total. The van der Waals surface area contributed by atoms with E-state index in [4.69, 9.17) is 30.3 Å². The number of nitro benzene ring substituents is 2. The van der Waals surface area contributed by atoms with Gasteiger partial charge in [0.15, 0.2) is 6.61 Å². The Kier molecular flexibility index (Phi) is 19.1. The van der Waals surface area contributed by atoms with E-state index < -0.39 is 44.7 Å². The maximum atomic E-state index is 13.2. The first-order valence-corrected chi connectivity index (χ1v) is 26.3. The van der Waals surface area contributed by atoms with E-state index in [1.54, 1.807) is 29.2 Å². The highest BCUT2D eigenvalue weighted by molar-refractivity contribution is 6.27. The standard InChI is InChI=1S/C29H27F3N4O5.C16H19ClN2O2.C13H9F3N2O3/c1-19-2-9-27-20(14-19)15-24(41-27)17-34-10-12-35(13-11-34)28(37)18-40-23-6-3-21(4-7-23)33-22-5-8-26(36(38)39)25(16-22)29(30,31)32;1-12-2-3-15-13(8-12)9-14(21-15)11-18-4-6-19(7-5-18)16(20)10-17;14-13(15,16)11-7-9(3-6-12(11)18(20)21)17-8-1-4-10(19)5-2-8/h2-9,14-16,33H,10-13,17-18H2,1H3;2-3,8-9H,4-7,10-11H2,1H3;1-7,17,19H. The fourth-order valence-corrected chi connectivity index (χ4v) is 9.35. The van der Waals surface area contributed by atoms with Crippen molar-refractivity contribution in [1.82, 2.24) is 19.6 Å². The van der Waals surface area contributed by atoms with Gasteiger partial charge >= 0.3 is 12.4 Å². The van der Waals surface area contributed by atoms with Gasteiger partial charge in [0.25, 0.3) is 17.3 Å². The summed E-state index contributed by atoms with van der Waals surface area (Å²) in [4.78, 5) is 51.8. The van der Waals surface area contributed by atoms with Crippen LogP contribution < -0.4 is 15.4 Å². The van der Waals surface area contributed by atoms with Gasteiger partial charge < -0.3 is 39.1 Å². The summed E-state index contributed by atoms with van der Waals surface area (Å²) in [6.07, 6.45) is -9.69. The van der Waals surface area contributed by atoms with Crippen LogP contribution in [0.2, 0.25) is 0 Å². The monoisotopic (exact) mass is 1170 g/mol. The number of amides is 2. The number of halogens is 7. The van der Waals surface area contributed by atoms with Crippen LogP contribution in [0.1, 0.15) is 33.8 Å². The van der Waals surface area contributed by atoms with Crippen LogP contribution in [0, 0.1) is 34.1 Å². The first-order chi connectivity index (χ1) is 39.5. The van der Waals surface area contributed by atoms with Crippen molar-refractivity contribution in [1.29, 1.82) is 0 Å². The molecule has 8 aromatic rings. The minimum absolute atomic E-state index is 0.0141. The normalized spacial score (nSPS) is 14.1. The van der Waals surface area contributed by atoms with Crippen molar-refractivity contribution in [2.24, 2.45) is 0 Å². The van der Waals surface area contributed by atoms with Crippen LogP contribution in [0.5, 0.6) is 11.5 Å². The number of aryl methyl sites for hydroxylation is 2. The summed E-state index contributed by atoms with van der Waals surface area (Å²) in [7, 11) is 0. The number of benzene rings is 6. The fraction of sp³-hybridized carbons (Fsp3) is 0.276. The van der Waals surface area contributed by atoms with E-state index in [2.05, 4.69) is 57.7 Å². The molecule has 0 unspecified atom stereocenters. The molecule has 2 aliphatic heterocycles. The summed E-state index contributed by atoms with van der Waals surface area (Å²) >= 11 is 5.59. The molecule has 4 heterocycles. The number of anilines is 4. The number of alkyl halides is 7. The Morgan fingerprint density at radius 3 is 1.36 bits per heavy atom. The number of nitro groups is 2. The zero-order valence-electron chi connectivity index (χ0n) is 44.6.